The van der Waals surface area contributed by atoms with Gasteiger partial charge in [-0.3, -0.25) is 0 Å². The lowest BCUT2D eigenvalue weighted by atomic mass is 9.63. The molecule has 0 amide bonds. The van der Waals surface area contributed by atoms with Crippen molar-refractivity contribution < 1.29 is 10.2 Å². The summed E-state index contributed by atoms with van der Waals surface area (Å²) in [6.45, 7) is 8.87. The Bertz CT molecular complexity index is 530. The second-order valence-corrected chi connectivity index (χ2v) is 8.16. The molecule has 0 heterocycles. The van der Waals surface area contributed by atoms with Crippen LogP contribution >= 0.6 is 0 Å². The molecule has 5 atom stereocenters. The number of hydrogen-bond donors (Lipinski definition) is 2. The number of fused-ring (bicyclic) bond motifs is 1. The van der Waals surface area contributed by atoms with Gasteiger partial charge in [-0.1, -0.05) is 44.6 Å². The molecule has 0 unspecified atom stereocenters. The highest BCUT2D eigenvalue weighted by Gasteiger charge is 2.48. The number of hydrogen-bond acceptors (Lipinski definition) is 2. The lowest BCUT2D eigenvalue weighted by Gasteiger charge is -2.42. The van der Waals surface area contributed by atoms with Crippen molar-refractivity contribution in [3.8, 4) is 0 Å². The van der Waals surface area contributed by atoms with Crippen molar-refractivity contribution in [3.05, 3.63) is 35.5 Å². The van der Waals surface area contributed by atoms with Gasteiger partial charge in [0.05, 0.1) is 12.2 Å². The summed E-state index contributed by atoms with van der Waals surface area (Å²) in [6, 6.07) is 0. The fourth-order valence-electron chi connectivity index (χ4n) is 5.48. The minimum Gasteiger partial charge on any atom is -0.393 e. The summed E-state index contributed by atoms with van der Waals surface area (Å²) in [4.78, 5) is 0. The summed E-state index contributed by atoms with van der Waals surface area (Å²) in [7, 11) is 0. The number of aliphatic hydroxyl groups is 2. The molecule has 0 radical (unpaired) electrons. The molecule has 0 aliphatic heterocycles. The van der Waals surface area contributed by atoms with Gasteiger partial charge >= 0.3 is 0 Å². The van der Waals surface area contributed by atoms with Gasteiger partial charge in [-0.25, -0.2) is 0 Å². The van der Waals surface area contributed by atoms with Crippen LogP contribution in [0.5, 0.6) is 0 Å². The van der Waals surface area contributed by atoms with E-state index in [0.717, 1.165) is 23.0 Å². The average Bonchev–Trinajstić information content (AvgIpc) is 2.86. The number of aliphatic hydroxyl groups excluding tert-OH is 2. The second kappa shape index (κ2) is 6.57. The van der Waals surface area contributed by atoms with E-state index in [1.165, 1.54) is 38.5 Å². The van der Waals surface area contributed by atoms with Crippen LogP contribution in [0, 0.1) is 17.3 Å². The minimum atomic E-state index is -0.587. The van der Waals surface area contributed by atoms with Crippen LogP contribution in [0.3, 0.4) is 0 Å². The zero-order valence-corrected chi connectivity index (χ0v) is 14.7. The van der Waals surface area contributed by atoms with Crippen molar-refractivity contribution in [3.63, 3.8) is 0 Å². The maximum atomic E-state index is 9.99. The third-order valence-electron chi connectivity index (χ3n) is 6.92. The van der Waals surface area contributed by atoms with Crippen LogP contribution in [-0.2, 0) is 0 Å². The molecule has 2 N–H and O–H groups in total. The Labute approximate surface area is 141 Å². The first-order valence-electron chi connectivity index (χ1n) is 9.40. The fraction of sp³-hybridized carbons (Fsp3) is 0.714. The largest absolute Gasteiger partial charge is 0.393 e. The molecule has 3 saturated carbocycles. The lowest BCUT2D eigenvalue weighted by molar-refractivity contribution is 0.0862. The molecule has 3 rings (SSSR count). The Morgan fingerprint density at radius 3 is 2.78 bits per heavy atom. The third-order valence-corrected chi connectivity index (χ3v) is 6.92. The normalized spacial score (nSPS) is 44.8. The van der Waals surface area contributed by atoms with E-state index in [1.54, 1.807) is 5.57 Å². The summed E-state index contributed by atoms with van der Waals surface area (Å²) in [5, 5.41) is 19.9. The quantitative estimate of drug-likeness (QED) is 0.785. The van der Waals surface area contributed by atoms with E-state index in [0.29, 0.717) is 18.3 Å². The minimum absolute atomic E-state index is 0.422. The summed E-state index contributed by atoms with van der Waals surface area (Å²) in [5.74, 6) is 1.60. The summed E-state index contributed by atoms with van der Waals surface area (Å²) in [5.41, 5.74) is 3.90. The van der Waals surface area contributed by atoms with Crippen LogP contribution in [0.15, 0.2) is 35.5 Å². The molecular formula is C21H32O2. The van der Waals surface area contributed by atoms with Gasteiger partial charge in [-0.2, -0.15) is 0 Å². The van der Waals surface area contributed by atoms with Gasteiger partial charge < -0.3 is 10.2 Å². The molecule has 2 nitrogen and oxygen atoms in total. The number of allylic oxidation sites excluding steroid dienone is 3. The molecule has 3 aliphatic carbocycles. The van der Waals surface area contributed by atoms with Crippen LogP contribution in [0.2, 0.25) is 0 Å². The van der Waals surface area contributed by atoms with Crippen molar-refractivity contribution in [1.29, 1.82) is 0 Å². The summed E-state index contributed by atoms with van der Waals surface area (Å²) in [6.07, 6.45) is 12.3. The first-order valence-corrected chi connectivity index (χ1v) is 9.40. The summed E-state index contributed by atoms with van der Waals surface area (Å²) < 4.78 is 0. The van der Waals surface area contributed by atoms with E-state index >= 15 is 0 Å². The Morgan fingerprint density at radius 1 is 1.26 bits per heavy atom. The third kappa shape index (κ3) is 3.08. The van der Waals surface area contributed by atoms with E-state index in [4.69, 9.17) is 0 Å². The molecule has 0 aromatic rings. The molecular weight excluding hydrogens is 284 g/mol. The molecule has 0 saturated heterocycles. The zero-order valence-electron chi connectivity index (χ0n) is 14.7. The first kappa shape index (κ1) is 17.0. The van der Waals surface area contributed by atoms with Crippen LogP contribution < -0.4 is 0 Å². The molecule has 23 heavy (non-hydrogen) atoms. The predicted molar refractivity (Wildman–Crippen MR) is 95.0 cm³/mol. The second-order valence-electron chi connectivity index (χ2n) is 8.16. The Balaban J connectivity index is 1.82. The van der Waals surface area contributed by atoms with Gasteiger partial charge in [0.25, 0.3) is 0 Å². The van der Waals surface area contributed by atoms with Gasteiger partial charge in [-0.05, 0) is 66.9 Å². The molecule has 128 valence electrons. The van der Waals surface area contributed by atoms with Crippen LogP contribution in [0.4, 0.5) is 0 Å². The van der Waals surface area contributed by atoms with E-state index in [-0.39, 0.29) is 0 Å². The molecule has 3 fully saturated rings. The molecule has 0 spiro atoms. The van der Waals surface area contributed by atoms with Crippen molar-refractivity contribution in [2.75, 3.05) is 0 Å². The SMILES string of the molecule is C=C1C(=CC=C2CCC[C@]3(C)[C@@H](CC)CC[C@@H]23)C[C@@H](O)C[C@@H]1O. The van der Waals surface area contributed by atoms with E-state index < -0.39 is 12.2 Å². The standard InChI is InChI=1S/C21H32O2/c1-4-17-9-10-19-15(6-5-11-21(17,19)3)7-8-16-12-18(22)13-20(23)14(16)2/h7-8,17-20,22-23H,2,4-6,9-13H2,1,3H3/t17-,18+,19-,20-,21+/m0/s1. The molecule has 0 aromatic heterocycles. The predicted octanol–water partition coefficient (Wildman–Crippen LogP) is 4.54. The smallest absolute Gasteiger partial charge is 0.0811 e. The zero-order chi connectivity index (χ0) is 16.6. The first-order chi connectivity index (χ1) is 11.0. The van der Waals surface area contributed by atoms with Gasteiger partial charge in [0, 0.05) is 6.42 Å². The Hall–Kier alpha value is -0.860. The maximum Gasteiger partial charge on any atom is 0.0811 e. The van der Waals surface area contributed by atoms with Crippen LogP contribution in [-0.4, -0.2) is 22.4 Å². The van der Waals surface area contributed by atoms with E-state index in [2.05, 4.69) is 32.6 Å². The van der Waals surface area contributed by atoms with Crippen LogP contribution in [0.25, 0.3) is 0 Å². The van der Waals surface area contributed by atoms with E-state index in [1.807, 2.05) is 0 Å². The summed E-state index contributed by atoms with van der Waals surface area (Å²) >= 11 is 0. The van der Waals surface area contributed by atoms with Gasteiger partial charge in [0.2, 0.25) is 0 Å². The monoisotopic (exact) mass is 316 g/mol. The van der Waals surface area contributed by atoms with Crippen molar-refractivity contribution in [1.82, 2.24) is 0 Å². The molecule has 3 aliphatic rings. The maximum absolute atomic E-state index is 9.99. The molecule has 0 bridgehead atoms. The Morgan fingerprint density at radius 2 is 2.04 bits per heavy atom. The molecule has 0 aromatic carbocycles. The average molecular weight is 316 g/mol. The number of rotatable bonds is 2. The lowest BCUT2D eigenvalue weighted by Crippen LogP contribution is -2.33. The van der Waals surface area contributed by atoms with Gasteiger partial charge in [0.15, 0.2) is 0 Å². The highest BCUT2D eigenvalue weighted by molar-refractivity contribution is 5.38. The van der Waals surface area contributed by atoms with Crippen LogP contribution in [0.1, 0.15) is 65.2 Å². The van der Waals surface area contributed by atoms with Crippen molar-refractivity contribution in [2.24, 2.45) is 17.3 Å². The van der Waals surface area contributed by atoms with Crippen molar-refractivity contribution in [2.45, 2.75) is 77.4 Å². The highest BCUT2D eigenvalue weighted by atomic mass is 16.3. The Kier molecular flexibility index (Phi) is 4.85. The van der Waals surface area contributed by atoms with Gasteiger partial charge in [0.1, 0.15) is 0 Å². The fourth-order valence-corrected chi connectivity index (χ4v) is 5.48. The molecule has 2 heteroatoms. The van der Waals surface area contributed by atoms with Gasteiger partial charge in [-0.15, -0.1) is 0 Å². The highest BCUT2D eigenvalue weighted by Crippen LogP contribution is 2.58. The van der Waals surface area contributed by atoms with E-state index in [9.17, 15) is 10.2 Å². The topological polar surface area (TPSA) is 40.5 Å². The van der Waals surface area contributed by atoms with Crippen molar-refractivity contribution >= 4 is 0 Å².